The molecule has 3 heteroatoms. The molecule has 0 saturated heterocycles. The van der Waals surface area contributed by atoms with Crippen LogP contribution in [-0.4, -0.2) is 11.2 Å². The van der Waals surface area contributed by atoms with Crippen molar-refractivity contribution in [3.05, 3.63) is 28.8 Å². The Kier molecular flexibility index (Phi) is 3.81. The molecule has 1 rings (SSSR count). The van der Waals surface area contributed by atoms with Gasteiger partial charge in [0.05, 0.1) is 5.69 Å². The van der Waals surface area contributed by atoms with Gasteiger partial charge in [-0.2, -0.15) is 0 Å². The summed E-state index contributed by atoms with van der Waals surface area (Å²) in [6, 6.07) is 4.06. The molecule has 94 valence electrons. The summed E-state index contributed by atoms with van der Waals surface area (Å²) in [6.45, 7) is 10.4. The topological polar surface area (TPSA) is 49.3 Å². The largest absolute Gasteiger partial charge is 0.465 e. The number of carboxylic acid groups (broad SMARTS) is 1. The Hall–Kier alpha value is -1.51. The van der Waals surface area contributed by atoms with Gasteiger partial charge in [-0.25, -0.2) is 4.79 Å². The summed E-state index contributed by atoms with van der Waals surface area (Å²) < 4.78 is 0. The van der Waals surface area contributed by atoms with Crippen LogP contribution in [-0.2, 0) is 6.42 Å². The van der Waals surface area contributed by atoms with Crippen molar-refractivity contribution in [2.75, 3.05) is 5.32 Å². The lowest BCUT2D eigenvalue weighted by atomic mass is 9.86. The standard InChI is InChI=1S/C14H21NO2/c1-9-6-10(2)12(15-13(16)17)11(7-9)8-14(3,4)5/h6-7,15H,8H2,1-5H3,(H,16,17). The summed E-state index contributed by atoms with van der Waals surface area (Å²) in [7, 11) is 0. The van der Waals surface area contributed by atoms with E-state index in [-0.39, 0.29) is 5.41 Å². The maximum Gasteiger partial charge on any atom is 0.409 e. The molecule has 0 aliphatic rings. The predicted octanol–water partition coefficient (Wildman–Crippen LogP) is 3.98. The van der Waals surface area contributed by atoms with Gasteiger partial charge in [0, 0.05) is 0 Å². The van der Waals surface area contributed by atoms with E-state index in [0.717, 1.165) is 28.8 Å². The number of amides is 1. The van der Waals surface area contributed by atoms with Gasteiger partial charge in [0.25, 0.3) is 0 Å². The van der Waals surface area contributed by atoms with Gasteiger partial charge in [0.15, 0.2) is 0 Å². The third kappa shape index (κ3) is 4.10. The van der Waals surface area contributed by atoms with Crippen molar-refractivity contribution in [3.8, 4) is 0 Å². The number of hydrogen-bond donors (Lipinski definition) is 2. The molecule has 0 unspecified atom stereocenters. The second-order valence-electron chi connectivity index (χ2n) is 5.78. The summed E-state index contributed by atoms with van der Waals surface area (Å²) in [4.78, 5) is 10.8. The van der Waals surface area contributed by atoms with Gasteiger partial charge in [-0.15, -0.1) is 0 Å². The maximum atomic E-state index is 10.8. The second kappa shape index (κ2) is 4.78. The molecule has 1 amide bonds. The first-order valence-corrected chi connectivity index (χ1v) is 5.79. The van der Waals surface area contributed by atoms with E-state index in [2.05, 4.69) is 32.2 Å². The minimum absolute atomic E-state index is 0.134. The van der Waals surface area contributed by atoms with Gasteiger partial charge >= 0.3 is 6.09 Å². The normalized spacial score (nSPS) is 11.4. The number of hydrogen-bond acceptors (Lipinski definition) is 1. The lowest BCUT2D eigenvalue weighted by Crippen LogP contribution is -2.15. The molecule has 2 N–H and O–H groups in total. The van der Waals surface area contributed by atoms with E-state index in [1.54, 1.807) is 0 Å². The Bertz CT molecular complexity index is 431. The summed E-state index contributed by atoms with van der Waals surface area (Å²) in [5.74, 6) is 0. The van der Waals surface area contributed by atoms with E-state index in [1.165, 1.54) is 0 Å². The fourth-order valence-corrected chi connectivity index (χ4v) is 2.05. The highest BCUT2D eigenvalue weighted by molar-refractivity contribution is 5.85. The van der Waals surface area contributed by atoms with Crippen molar-refractivity contribution in [1.29, 1.82) is 0 Å². The monoisotopic (exact) mass is 235 g/mol. The first-order valence-electron chi connectivity index (χ1n) is 5.79. The minimum Gasteiger partial charge on any atom is -0.465 e. The van der Waals surface area contributed by atoms with Crippen LogP contribution in [0, 0.1) is 19.3 Å². The highest BCUT2D eigenvalue weighted by Gasteiger charge is 2.16. The van der Waals surface area contributed by atoms with Gasteiger partial charge in [0.1, 0.15) is 0 Å². The molecule has 0 saturated carbocycles. The second-order valence-corrected chi connectivity index (χ2v) is 5.78. The molecule has 0 heterocycles. The zero-order valence-electron chi connectivity index (χ0n) is 11.2. The van der Waals surface area contributed by atoms with Crippen molar-refractivity contribution in [1.82, 2.24) is 0 Å². The van der Waals surface area contributed by atoms with Gasteiger partial charge < -0.3 is 5.11 Å². The van der Waals surface area contributed by atoms with Crippen LogP contribution in [0.5, 0.6) is 0 Å². The van der Waals surface area contributed by atoms with E-state index in [0.29, 0.717) is 0 Å². The van der Waals surface area contributed by atoms with E-state index < -0.39 is 6.09 Å². The number of rotatable bonds is 2. The first-order chi connectivity index (χ1) is 7.69. The number of anilines is 1. The lowest BCUT2D eigenvalue weighted by molar-refractivity contribution is 0.209. The molecule has 1 aromatic rings. The quantitative estimate of drug-likeness (QED) is 0.814. The molecule has 0 aliphatic heterocycles. The molecule has 0 aromatic heterocycles. The molecule has 0 atom stereocenters. The van der Waals surface area contributed by atoms with E-state index in [4.69, 9.17) is 5.11 Å². The van der Waals surface area contributed by atoms with Crippen molar-refractivity contribution >= 4 is 11.8 Å². The van der Waals surface area contributed by atoms with E-state index in [1.807, 2.05) is 19.9 Å². The van der Waals surface area contributed by atoms with Crippen LogP contribution < -0.4 is 5.32 Å². The Labute approximate surface area is 103 Å². The minimum atomic E-state index is -1.01. The summed E-state index contributed by atoms with van der Waals surface area (Å²) in [5, 5.41) is 11.4. The van der Waals surface area contributed by atoms with Gasteiger partial charge in [-0.1, -0.05) is 38.5 Å². The number of benzene rings is 1. The van der Waals surface area contributed by atoms with Crippen molar-refractivity contribution in [3.63, 3.8) is 0 Å². The Morgan fingerprint density at radius 3 is 2.35 bits per heavy atom. The summed E-state index contributed by atoms with van der Waals surface area (Å²) in [6.07, 6.45) is -0.155. The molecule has 17 heavy (non-hydrogen) atoms. The molecule has 0 bridgehead atoms. The fraction of sp³-hybridized carbons (Fsp3) is 0.500. The molecule has 0 aliphatic carbocycles. The number of aryl methyl sites for hydroxylation is 2. The number of nitrogens with one attached hydrogen (secondary N) is 1. The molecular formula is C14H21NO2. The highest BCUT2D eigenvalue weighted by atomic mass is 16.4. The van der Waals surface area contributed by atoms with Crippen molar-refractivity contribution in [2.24, 2.45) is 5.41 Å². The summed E-state index contributed by atoms with van der Waals surface area (Å²) in [5.41, 5.74) is 4.08. The van der Waals surface area contributed by atoms with E-state index >= 15 is 0 Å². The molecule has 1 aromatic carbocycles. The Morgan fingerprint density at radius 2 is 1.88 bits per heavy atom. The Balaban J connectivity index is 3.20. The fourth-order valence-electron chi connectivity index (χ4n) is 2.05. The van der Waals surface area contributed by atoms with Crippen LogP contribution in [0.25, 0.3) is 0 Å². The number of carbonyl (C=O) groups is 1. The van der Waals surface area contributed by atoms with Gasteiger partial charge in [0.2, 0.25) is 0 Å². The van der Waals surface area contributed by atoms with Crippen LogP contribution in [0.3, 0.4) is 0 Å². The molecule has 3 nitrogen and oxygen atoms in total. The van der Waals surface area contributed by atoms with Crippen LogP contribution in [0.15, 0.2) is 12.1 Å². The van der Waals surface area contributed by atoms with E-state index in [9.17, 15) is 4.79 Å². The predicted molar refractivity (Wildman–Crippen MR) is 70.7 cm³/mol. The summed E-state index contributed by atoms with van der Waals surface area (Å²) >= 11 is 0. The third-order valence-corrected chi connectivity index (χ3v) is 2.51. The smallest absolute Gasteiger partial charge is 0.409 e. The SMILES string of the molecule is Cc1cc(C)c(NC(=O)O)c(CC(C)(C)C)c1. The maximum absolute atomic E-state index is 10.8. The lowest BCUT2D eigenvalue weighted by Gasteiger charge is -2.22. The van der Waals surface area contributed by atoms with Crippen LogP contribution in [0.1, 0.15) is 37.5 Å². The van der Waals surface area contributed by atoms with Crippen LogP contribution >= 0.6 is 0 Å². The van der Waals surface area contributed by atoms with Crippen LogP contribution in [0.2, 0.25) is 0 Å². The zero-order chi connectivity index (χ0) is 13.2. The van der Waals surface area contributed by atoms with Gasteiger partial charge in [-0.3, -0.25) is 5.32 Å². The Morgan fingerprint density at radius 1 is 1.29 bits per heavy atom. The highest BCUT2D eigenvalue weighted by Crippen LogP contribution is 2.29. The molecule has 0 radical (unpaired) electrons. The van der Waals surface area contributed by atoms with Crippen LogP contribution in [0.4, 0.5) is 10.5 Å². The third-order valence-electron chi connectivity index (χ3n) is 2.51. The van der Waals surface area contributed by atoms with Crippen molar-refractivity contribution < 1.29 is 9.90 Å². The average Bonchev–Trinajstić information content (AvgIpc) is 2.07. The average molecular weight is 235 g/mol. The zero-order valence-corrected chi connectivity index (χ0v) is 11.2. The molecule has 0 spiro atoms. The first kappa shape index (κ1) is 13.6. The van der Waals surface area contributed by atoms with Crippen molar-refractivity contribution in [2.45, 2.75) is 41.0 Å². The molecule has 0 fully saturated rings. The molecular weight excluding hydrogens is 214 g/mol. The van der Waals surface area contributed by atoms with Gasteiger partial charge in [-0.05, 0) is 36.8 Å².